The van der Waals surface area contributed by atoms with Crippen molar-refractivity contribution >= 4 is 23.6 Å². The number of H-pyrrole nitrogens is 1. The van der Waals surface area contributed by atoms with Crippen LogP contribution in [0, 0.1) is 13.8 Å². The molecule has 1 aliphatic rings. The molecule has 2 rings (SSSR count). The van der Waals surface area contributed by atoms with E-state index in [0.29, 0.717) is 5.75 Å². The van der Waals surface area contributed by atoms with Gasteiger partial charge in [0.15, 0.2) is 0 Å². The first-order chi connectivity index (χ1) is 9.45. The van der Waals surface area contributed by atoms with Crippen molar-refractivity contribution in [3.8, 4) is 0 Å². The van der Waals surface area contributed by atoms with Crippen molar-refractivity contribution in [1.82, 2.24) is 15.1 Å². The summed E-state index contributed by atoms with van der Waals surface area (Å²) in [4.78, 5) is 25.3. The van der Waals surface area contributed by atoms with E-state index in [1.165, 1.54) is 16.7 Å². The molecule has 6 nitrogen and oxygen atoms in total. The summed E-state index contributed by atoms with van der Waals surface area (Å²) < 4.78 is 0. The van der Waals surface area contributed by atoms with Crippen molar-refractivity contribution in [3.05, 3.63) is 17.0 Å². The molecule has 1 fully saturated rings. The Morgan fingerprint density at radius 2 is 2.20 bits per heavy atom. The van der Waals surface area contributed by atoms with Gasteiger partial charge in [-0.3, -0.25) is 9.89 Å². The van der Waals surface area contributed by atoms with Gasteiger partial charge in [0.1, 0.15) is 6.04 Å². The molecule has 0 aromatic carbocycles. The van der Waals surface area contributed by atoms with Crippen LogP contribution >= 0.6 is 11.8 Å². The lowest BCUT2D eigenvalue weighted by molar-refractivity contribution is -0.148. The highest BCUT2D eigenvalue weighted by Crippen LogP contribution is 2.32. The Bertz CT molecular complexity index is 509. The number of hydrogen-bond donors (Lipinski definition) is 2. The maximum absolute atomic E-state index is 12.5. The van der Waals surface area contributed by atoms with E-state index in [2.05, 4.69) is 10.2 Å². The lowest BCUT2D eigenvalue weighted by Gasteiger charge is -2.26. The van der Waals surface area contributed by atoms with E-state index < -0.39 is 12.0 Å². The van der Waals surface area contributed by atoms with Gasteiger partial charge in [0.2, 0.25) is 5.91 Å². The highest BCUT2D eigenvalue weighted by Gasteiger charge is 2.40. The predicted octanol–water partition coefficient (Wildman–Crippen LogP) is 1.33. The minimum atomic E-state index is -0.928. The molecule has 2 heterocycles. The fourth-order valence-electron chi connectivity index (χ4n) is 2.48. The number of rotatable bonds is 4. The highest BCUT2D eigenvalue weighted by atomic mass is 32.2. The molecule has 20 heavy (non-hydrogen) atoms. The third-order valence-corrected chi connectivity index (χ3v) is 5.08. The van der Waals surface area contributed by atoms with Crippen LogP contribution in [-0.2, 0) is 16.0 Å². The lowest BCUT2D eigenvalue weighted by atomic mass is 10.1. The largest absolute Gasteiger partial charge is 0.480 e. The summed E-state index contributed by atoms with van der Waals surface area (Å²) in [6.07, 6.45) is 0.957. The van der Waals surface area contributed by atoms with Gasteiger partial charge in [-0.2, -0.15) is 5.10 Å². The second-order valence-corrected chi connectivity index (χ2v) is 6.15. The maximum Gasteiger partial charge on any atom is 0.327 e. The number of carboxylic acid groups (broad SMARTS) is 1. The molecule has 7 heteroatoms. The molecule has 2 atom stereocenters. The number of thioether (sulfide) groups is 1. The van der Waals surface area contributed by atoms with Crippen LogP contribution in [0.3, 0.4) is 0 Å². The molecular weight excluding hydrogens is 278 g/mol. The number of aromatic amines is 1. The van der Waals surface area contributed by atoms with Gasteiger partial charge in [-0.15, -0.1) is 11.8 Å². The summed E-state index contributed by atoms with van der Waals surface area (Å²) >= 11 is 1.54. The Balaban J connectivity index is 2.19. The fourth-order valence-corrected chi connectivity index (χ4v) is 3.85. The molecule has 0 saturated carbocycles. The number of carbonyl (C=O) groups excluding carboxylic acids is 1. The molecule has 1 aromatic rings. The zero-order chi connectivity index (χ0) is 14.9. The van der Waals surface area contributed by atoms with Gasteiger partial charge < -0.3 is 10.0 Å². The third kappa shape index (κ3) is 2.67. The van der Waals surface area contributed by atoms with Gasteiger partial charge in [0, 0.05) is 17.0 Å². The summed E-state index contributed by atoms with van der Waals surface area (Å²) in [6.45, 7) is 5.68. The Morgan fingerprint density at radius 1 is 1.50 bits per heavy atom. The summed E-state index contributed by atoms with van der Waals surface area (Å²) in [5.74, 6) is -0.604. The van der Waals surface area contributed by atoms with Gasteiger partial charge in [0.05, 0.1) is 17.5 Å². The Morgan fingerprint density at radius 3 is 2.70 bits per heavy atom. The number of aryl methyl sites for hydroxylation is 2. The van der Waals surface area contributed by atoms with E-state index in [0.717, 1.165) is 23.4 Å². The molecule has 0 spiro atoms. The van der Waals surface area contributed by atoms with E-state index in [1.807, 2.05) is 20.8 Å². The quantitative estimate of drug-likeness (QED) is 0.875. The van der Waals surface area contributed by atoms with Crippen LogP contribution in [-0.4, -0.2) is 49.2 Å². The molecule has 1 saturated heterocycles. The molecule has 110 valence electrons. The number of aliphatic carboxylic acids is 1. The molecule has 1 aliphatic heterocycles. The van der Waals surface area contributed by atoms with E-state index in [9.17, 15) is 14.7 Å². The SMILES string of the molecule is CCC1SCC(C(=O)O)N1C(=O)Cc1c(C)n[nH]c1C. The van der Waals surface area contributed by atoms with Crippen LogP contribution in [0.15, 0.2) is 0 Å². The molecule has 0 radical (unpaired) electrons. The monoisotopic (exact) mass is 297 g/mol. The standard InChI is InChI=1S/C13H19N3O3S/c1-4-12-16(10(6-20-12)13(18)19)11(17)5-9-7(2)14-15-8(9)3/h10,12H,4-6H2,1-3H3,(H,14,15)(H,18,19). The minimum Gasteiger partial charge on any atom is -0.480 e. The molecule has 1 aromatic heterocycles. The minimum absolute atomic E-state index is 0.0453. The van der Waals surface area contributed by atoms with Crippen molar-refractivity contribution in [2.75, 3.05) is 5.75 Å². The van der Waals surface area contributed by atoms with Crippen molar-refractivity contribution in [1.29, 1.82) is 0 Å². The molecular formula is C13H19N3O3S. The smallest absolute Gasteiger partial charge is 0.327 e. The number of carbonyl (C=O) groups is 2. The molecule has 2 unspecified atom stereocenters. The topological polar surface area (TPSA) is 86.3 Å². The summed E-state index contributed by atoms with van der Waals surface area (Å²) in [5, 5.41) is 16.1. The zero-order valence-electron chi connectivity index (χ0n) is 11.8. The summed E-state index contributed by atoms with van der Waals surface area (Å²) in [5.41, 5.74) is 2.52. The van der Waals surface area contributed by atoms with Crippen LogP contribution < -0.4 is 0 Å². The number of nitrogens with zero attached hydrogens (tertiary/aromatic N) is 2. The fraction of sp³-hybridized carbons (Fsp3) is 0.615. The van der Waals surface area contributed by atoms with Crippen molar-refractivity contribution in [2.45, 2.75) is 45.0 Å². The Kier molecular flexibility index (Phi) is 4.37. The van der Waals surface area contributed by atoms with E-state index in [1.54, 1.807) is 0 Å². The number of aromatic nitrogens is 2. The number of hydrogen-bond acceptors (Lipinski definition) is 4. The van der Waals surface area contributed by atoms with Crippen molar-refractivity contribution in [3.63, 3.8) is 0 Å². The van der Waals surface area contributed by atoms with E-state index in [4.69, 9.17) is 0 Å². The Labute approximate surface area is 121 Å². The average Bonchev–Trinajstić information content (AvgIpc) is 2.96. The van der Waals surface area contributed by atoms with Crippen LogP contribution in [0.4, 0.5) is 0 Å². The molecule has 0 aliphatic carbocycles. The van der Waals surface area contributed by atoms with Crippen LogP contribution in [0.5, 0.6) is 0 Å². The van der Waals surface area contributed by atoms with Gasteiger partial charge in [-0.1, -0.05) is 6.92 Å². The van der Waals surface area contributed by atoms with Crippen LogP contribution in [0.1, 0.15) is 30.3 Å². The van der Waals surface area contributed by atoms with Crippen LogP contribution in [0.2, 0.25) is 0 Å². The van der Waals surface area contributed by atoms with Gasteiger partial charge in [0.25, 0.3) is 0 Å². The van der Waals surface area contributed by atoms with Crippen LogP contribution in [0.25, 0.3) is 0 Å². The number of nitrogens with one attached hydrogen (secondary N) is 1. The lowest BCUT2D eigenvalue weighted by Crippen LogP contribution is -2.46. The first kappa shape index (κ1) is 14.9. The normalized spacial score (nSPS) is 22.2. The Hall–Kier alpha value is -1.50. The summed E-state index contributed by atoms with van der Waals surface area (Å²) in [6, 6.07) is -0.718. The van der Waals surface area contributed by atoms with Gasteiger partial charge >= 0.3 is 5.97 Å². The average molecular weight is 297 g/mol. The number of carboxylic acids is 1. The van der Waals surface area contributed by atoms with Gasteiger partial charge in [-0.25, -0.2) is 4.79 Å². The highest BCUT2D eigenvalue weighted by molar-refractivity contribution is 8.00. The first-order valence-electron chi connectivity index (χ1n) is 6.61. The van der Waals surface area contributed by atoms with Crippen molar-refractivity contribution in [2.24, 2.45) is 0 Å². The molecule has 2 N–H and O–H groups in total. The summed E-state index contributed by atoms with van der Waals surface area (Å²) in [7, 11) is 0. The molecule has 0 bridgehead atoms. The third-order valence-electron chi connectivity index (χ3n) is 3.62. The zero-order valence-corrected chi connectivity index (χ0v) is 12.7. The second-order valence-electron chi connectivity index (χ2n) is 4.94. The van der Waals surface area contributed by atoms with Crippen molar-refractivity contribution < 1.29 is 14.7 Å². The van der Waals surface area contributed by atoms with E-state index in [-0.39, 0.29) is 17.7 Å². The maximum atomic E-state index is 12.5. The first-order valence-corrected chi connectivity index (χ1v) is 7.66. The predicted molar refractivity (Wildman–Crippen MR) is 76.6 cm³/mol. The number of amides is 1. The molecule has 1 amide bonds. The second kappa shape index (κ2) is 5.87. The van der Waals surface area contributed by atoms with E-state index >= 15 is 0 Å². The van der Waals surface area contributed by atoms with Gasteiger partial charge in [-0.05, 0) is 20.3 Å².